The predicted molar refractivity (Wildman–Crippen MR) is 130 cm³/mol. The second kappa shape index (κ2) is 11.8. The lowest BCUT2D eigenvalue weighted by molar-refractivity contribution is -0.141. The first-order valence-corrected chi connectivity index (χ1v) is 13.8. The van der Waals surface area contributed by atoms with E-state index in [0.29, 0.717) is 6.42 Å². The Morgan fingerprint density at radius 1 is 1.15 bits per heavy atom. The molecule has 1 heterocycles. The SMILES string of the molecule is CCCC(C(=O)NC1CCCC1)N(Cc1cccs1)C(=O)CNS(=O)(=O)c1ccc(C)cc1. The van der Waals surface area contributed by atoms with E-state index in [-0.39, 0.29) is 23.4 Å². The van der Waals surface area contributed by atoms with E-state index in [1.54, 1.807) is 12.1 Å². The molecule has 2 aromatic rings. The third-order valence-corrected chi connectivity index (χ3v) is 8.19. The third-order valence-electron chi connectivity index (χ3n) is 5.91. The summed E-state index contributed by atoms with van der Waals surface area (Å²) in [6, 6.07) is 9.77. The monoisotopic (exact) mass is 491 g/mol. The fraction of sp³-hybridized carbons (Fsp3) is 0.500. The van der Waals surface area contributed by atoms with E-state index >= 15 is 0 Å². The van der Waals surface area contributed by atoms with Gasteiger partial charge in [0.05, 0.1) is 18.0 Å². The fourth-order valence-electron chi connectivity index (χ4n) is 4.07. The van der Waals surface area contributed by atoms with Crippen LogP contribution in [0.5, 0.6) is 0 Å². The minimum Gasteiger partial charge on any atom is -0.352 e. The van der Waals surface area contributed by atoms with Gasteiger partial charge in [-0.2, -0.15) is 0 Å². The molecule has 9 heteroatoms. The molecule has 33 heavy (non-hydrogen) atoms. The number of nitrogens with one attached hydrogen (secondary N) is 2. The summed E-state index contributed by atoms with van der Waals surface area (Å²) < 4.78 is 27.8. The Balaban J connectivity index is 1.76. The molecule has 3 rings (SSSR count). The predicted octanol–water partition coefficient (Wildman–Crippen LogP) is 3.59. The number of benzene rings is 1. The average Bonchev–Trinajstić information content (AvgIpc) is 3.49. The topological polar surface area (TPSA) is 95.6 Å². The molecule has 1 aliphatic rings. The van der Waals surface area contributed by atoms with Gasteiger partial charge in [-0.25, -0.2) is 13.1 Å². The average molecular weight is 492 g/mol. The Morgan fingerprint density at radius 2 is 1.85 bits per heavy atom. The molecule has 1 fully saturated rings. The van der Waals surface area contributed by atoms with Crippen molar-refractivity contribution in [3.63, 3.8) is 0 Å². The Labute approximate surface area is 200 Å². The van der Waals surface area contributed by atoms with E-state index in [2.05, 4.69) is 10.0 Å². The zero-order valence-corrected chi connectivity index (χ0v) is 20.9. The zero-order valence-electron chi connectivity index (χ0n) is 19.2. The molecule has 0 aliphatic heterocycles. The molecule has 1 aromatic heterocycles. The van der Waals surface area contributed by atoms with Crippen LogP contribution in [0.25, 0.3) is 0 Å². The van der Waals surface area contributed by atoms with Crippen LogP contribution in [0.1, 0.15) is 55.9 Å². The van der Waals surface area contributed by atoms with Crippen molar-refractivity contribution in [3.8, 4) is 0 Å². The van der Waals surface area contributed by atoms with Crippen LogP contribution in [0, 0.1) is 6.92 Å². The number of amides is 2. The van der Waals surface area contributed by atoms with Gasteiger partial charge in [0, 0.05) is 10.9 Å². The highest BCUT2D eigenvalue weighted by Gasteiger charge is 2.32. The molecule has 0 spiro atoms. The van der Waals surface area contributed by atoms with Gasteiger partial charge in [-0.3, -0.25) is 9.59 Å². The van der Waals surface area contributed by atoms with Crippen molar-refractivity contribution in [2.45, 2.75) is 75.9 Å². The minimum atomic E-state index is -3.84. The highest BCUT2D eigenvalue weighted by atomic mass is 32.2. The number of sulfonamides is 1. The summed E-state index contributed by atoms with van der Waals surface area (Å²) in [5.41, 5.74) is 0.947. The smallest absolute Gasteiger partial charge is 0.243 e. The maximum Gasteiger partial charge on any atom is 0.243 e. The van der Waals surface area contributed by atoms with Crippen LogP contribution in [0.4, 0.5) is 0 Å². The summed E-state index contributed by atoms with van der Waals surface area (Å²) >= 11 is 1.51. The van der Waals surface area contributed by atoms with Crippen molar-refractivity contribution >= 4 is 33.2 Å². The van der Waals surface area contributed by atoms with Crippen molar-refractivity contribution in [3.05, 3.63) is 52.2 Å². The van der Waals surface area contributed by atoms with Crippen LogP contribution in [-0.4, -0.2) is 43.8 Å². The Kier molecular flexibility index (Phi) is 9.05. The van der Waals surface area contributed by atoms with Crippen molar-refractivity contribution in [1.29, 1.82) is 0 Å². The fourth-order valence-corrected chi connectivity index (χ4v) is 5.75. The van der Waals surface area contributed by atoms with Crippen LogP contribution in [0.15, 0.2) is 46.7 Å². The number of rotatable bonds is 11. The van der Waals surface area contributed by atoms with Crippen molar-refractivity contribution < 1.29 is 18.0 Å². The normalized spacial score (nSPS) is 15.3. The van der Waals surface area contributed by atoms with E-state index in [0.717, 1.165) is 42.5 Å². The number of nitrogens with zero attached hydrogens (tertiary/aromatic N) is 1. The van der Waals surface area contributed by atoms with Crippen LogP contribution >= 0.6 is 11.3 Å². The second-order valence-electron chi connectivity index (χ2n) is 8.53. The lowest BCUT2D eigenvalue weighted by atomic mass is 10.1. The summed E-state index contributed by atoms with van der Waals surface area (Å²) in [6.07, 6.45) is 5.36. The Bertz CT molecular complexity index is 1010. The van der Waals surface area contributed by atoms with Gasteiger partial charge in [-0.05, 0) is 49.8 Å². The van der Waals surface area contributed by atoms with Gasteiger partial charge in [-0.15, -0.1) is 11.3 Å². The lowest BCUT2D eigenvalue weighted by Gasteiger charge is -2.31. The highest BCUT2D eigenvalue weighted by molar-refractivity contribution is 7.89. The third kappa shape index (κ3) is 7.12. The number of carbonyl (C=O) groups is 2. The summed E-state index contributed by atoms with van der Waals surface area (Å²) in [4.78, 5) is 29.0. The van der Waals surface area contributed by atoms with E-state index in [1.807, 2.05) is 31.4 Å². The number of thiophene rings is 1. The van der Waals surface area contributed by atoms with Gasteiger partial charge in [-0.1, -0.05) is 49.9 Å². The van der Waals surface area contributed by atoms with Crippen molar-refractivity contribution in [2.24, 2.45) is 0 Å². The van der Waals surface area contributed by atoms with E-state index in [4.69, 9.17) is 0 Å². The van der Waals surface area contributed by atoms with E-state index in [1.165, 1.54) is 28.4 Å². The van der Waals surface area contributed by atoms with Gasteiger partial charge in [0.15, 0.2) is 0 Å². The van der Waals surface area contributed by atoms with E-state index < -0.39 is 28.5 Å². The maximum atomic E-state index is 13.3. The first kappa shape index (κ1) is 25.4. The molecule has 0 radical (unpaired) electrons. The molecule has 1 saturated carbocycles. The Morgan fingerprint density at radius 3 is 2.45 bits per heavy atom. The summed E-state index contributed by atoms with van der Waals surface area (Å²) in [5.74, 6) is -0.575. The van der Waals surface area contributed by atoms with Gasteiger partial charge < -0.3 is 10.2 Å². The van der Waals surface area contributed by atoms with Crippen molar-refractivity contribution in [2.75, 3.05) is 6.54 Å². The molecule has 2 N–H and O–H groups in total. The molecule has 180 valence electrons. The summed E-state index contributed by atoms with van der Waals surface area (Å²) in [6.45, 7) is 3.72. The molecule has 2 amide bonds. The molecular weight excluding hydrogens is 458 g/mol. The van der Waals surface area contributed by atoms with Gasteiger partial charge in [0.25, 0.3) is 0 Å². The van der Waals surface area contributed by atoms with Crippen molar-refractivity contribution in [1.82, 2.24) is 14.9 Å². The molecule has 0 saturated heterocycles. The molecule has 1 unspecified atom stereocenters. The first-order valence-electron chi connectivity index (χ1n) is 11.5. The summed E-state index contributed by atoms with van der Waals surface area (Å²) in [7, 11) is -3.84. The molecule has 0 bridgehead atoms. The molecule has 1 aromatic carbocycles. The lowest BCUT2D eigenvalue weighted by Crippen LogP contribution is -2.53. The number of aryl methyl sites for hydroxylation is 1. The first-order chi connectivity index (χ1) is 15.8. The molecular formula is C24H33N3O4S2. The number of hydrogen-bond donors (Lipinski definition) is 2. The van der Waals surface area contributed by atoms with Crippen LogP contribution in [0.2, 0.25) is 0 Å². The second-order valence-corrected chi connectivity index (χ2v) is 11.3. The number of carbonyl (C=O) groups excluding carboxylic acids is 2. The van der Waals surface area contributed by atoms with Gasteiger partial charge in [0.1, 0.15) is 6.04 Å². The summed E-state index contributed by atoms with van der Waals surface area (Å²) in [5, 5.41) is 5.04. The van der Waals surface area contributed by atoms with Crippen LogP contribution in [0.3, 0.4) is 0 Å². The Hall–Kier alpha value is -2.23. The molecule has 7 nitrogen and oxygen atoms in total. The van der Waals surface area contributed by atoms with E-state index in [9.17, 15) is 18.0 Å². The minimum absolute atomic E-state index is 0.106. The molecule has 1 aliphatic carbocycles. The zero-order chi connectivity index (χ0) is 23.8. The largest absolute Gasteiger partial charge is 0.352 e. The van der Waals surface area contributed by atoms with Gasteiger partial charge in [0.2, 0.25) is 21.8 Å². The quantitative estimate of drug-likeness (QED) is 0.502. The standard InChI is InChI=1S/C24H33N3O4S2/c1-3-7-22(24(29)26-19-8-4-5-9-19)27(17-20-10-6-15-32-20)23(28)16-25-33(30,31)21-13-11-18(2)12-14-21/h6,10-15,19,22,25H,3-5,7-9,16-17H2,1-2H3,(H,26,29). The highest BCUT2D eigenvalue weighted by Crippen LogP contribution is 2.21. The van der Waals surface area contributed by atoms with Crippen LogP contribution < -0.4 is 10.0 Å². The number of hydrogen-bond acceptors (Lipinski definition) is 5. The maximum absolute atomic E-state index is 13.3. The molecule has 1 atom stereocenters. The van der Waals surface area contributed by atoms with Crippen LogP contribution in [-0.2, 0) is 26.2 Å². The van der Waals surface area contributed by atoms with Gasteiger partial charge >= 0.3 is 0 Å².